The molecule has 1 atom stereocenters. The van der Waals surface area contributed by atoms with Gasteiger partial charge in [-0.3, -0.25) is 0 Å². The van der Waals surface area contributed by atoms with E-state index in [-0.39, 0.29) is 6.04 Å². The van der Waals surface area contributed by atoms with Crippen molar-refractivity contribution in [3.05, 3.63) is 70.2 Å². The van der Waals surface area contributed by atoms with Gasteiger partial charge in [-0.2, -0.15) is 0 Å². The Bertz CT molecular complexity index is 784. The van der Waals surface area contributed by atoms with E-state index in [1.807, 2.05) is 48.5 Å². The molecule has 3 aromatic rings. The summed E-state index contributed by atoms with van der Waals surface area (Å²) < 4.78 is 5.19. The normalized spacial score (nSPS) is 12.1. The maximum absolute atomic E-state index is 5.93. The van der Waals surface area contributed by atoms with Crippen molar-refractivity contribution in [2.45, 2.75) is 19.5 Å². The number of nitrogens with one attached hydrogen (secondary N) is 1. The number of aromatic nitrogens is 1. The molecule has 0 radical (unpaired) electrons. The third-order valence-corrected chi connectivity index (χ3v) is 5.04. The summed E-state index contributed by atoms with van der Waals surface area (Å²) in [7, 11) is 1.67. The molecule has 1 N–H and O–H groups in total. The van der Waals surface area contributed by atoms with Crippen LogP contribution in [0.15, 0.2) is 53.9 Å². The van der Waals surface area contributed by atoms with Gasteiger partial charge >= 0.3 is 0 Å². The van der Waals surface area contributed by atoms with Gasteiger partial charge in [-0.1, -0.05) is 23.7 Å². The van der Waals surface area contributed by atoms with Crippen molar-refractivity contribution in [2.24, 2.45) is 0 Å². The fourth-order valence-corrected chi connectivity index (χ4v) is 3.33. The predicted octanol–water partition coefficient (Wildman–Crippen LogP) is 5.32. The van der Waals surface area contributed by atoms with Gasteiger partial charge in [0, 0.05) is 28.6 Å². The van der Waals surface area contributed by atoms with E-state index in [2.05, 4.69) is 17.6 Å². The zero-order valence-corrected chi connectivity index (χ0v) is 15.2. The summed E-state index contributed by atoms with van der Waals surface area (Å²) in [5, 5.41) is 7.38. The quantitative estimate of drug-likeness (QED) is 0.647. The number of hydrogen-bond donors (Lipinski definition) is 1. The Kier molecular flexibility index (Phi) is 5.51. The van der Waals surface area contributed by atoms with Gasteiger partial charge in [-0.15, -0.1) is 11.3 Å². The lowest BCUT2D eigenvalue weighted by atomic mass is 10.1. The Morgan fingerprint density at radius 1 is 1.12 bits per heavy atom. The summed E-state index contributed by atoms with van der Waals surface area (Å²) in [5.41, 5.74) is 3.37. The second kappa shape index (κ2) is 7.79. The van der Waals surface area contributed by atoms with Crippen LogP contribution in [-0.4, -0.2) is 12.1 Å². The number of methoxy groups -OCH3 is 1. The van der Waals surface area contributed by atoms with Gasteiger partial charge in [0.25, 0.3) is 0 Å². The van der Waals surface area contributed by atoms with Crippen molar-refractivity contribution >= 4 is 22.9 Å². The molecule has 5 heteroatoms. The predicted molar refractivity (Wildman–Crippen MR) is 101 cm³/mol. The first-order valence-corrected chi connectivity index (χ1v) is 8.99. The number of halogens is 1. The van der Waals surface area contributed by atoms with Gasteiger partial charge < -0.3 is 10.1 Å². The van der Waals surface area contributed by atoms with E-state index in [4.69, 9.17) is 21.3 Å². The van der Waals surface area contributed by atoms with Gasteiger partial charge in [0.05, 0.1) is 12.8 Å². The molecule has 0 unspecified atom stereocenters. The molecule has 0 spiro atoms. The molecule has 0 aliphatic heterocycles. The Hall–Kier alpha value is -1.88. The molecule has 24 heavy (non-hydrogen) atoms. The maximum Gasteiger partial charge on any atom is 0.123 e. The molecule has 1 heterocycles. The van der Waals surface area contributed by atoms with E-state index < -0.39 is 0 Å². The Balaban J connectivity index is 1.62. The second-order valence-electron chi connectivity index (χ2n) is 5.53. The van der Waals surface area contributed by atoms with Crippen LogP contribution >= 0.6 is 22.9 Å². The maximum atomic E-state index is 5.93. The van der Waals surface area contributed by atoms with Crippen LogP contribution in [0.1, 0.15) is 24.2 Å². The van der Waals surface area contributed by atoms with E-state index >= 15 is 0 Å². The topological polar surface area (TPSA) is 34.1 Å². The van der Waals surface area contributed by atoms with Gasteiger partial charge in [-0.05, 0) is 48.9 Å². The summed E-state index contributed by atoms with van der Waals surface area (Å²) in [6.07, 6.45) is 0. The van der Waals surface area contributed by atoms with Crippen molar-refractivity contribution in [3.8, 4) is 16.3 Å². The number of rotatable bonds is 6. The minimum atomic E-state index is 0.244. The fourth-order valence-electron chi connectivity index (χ4n) is 2.38. The first-order chi connectivity index (χ1) is 11.7. The monoisotopic (exact) mass is 358 g/mol. The molecule has 0 bridgehead atoms. The zero-order chi connectivity index (χ0) is 16.9. The number of nitrogens with zero attached hydrogens (tertiary/aromatic N) is 1. The molecule has 0 saturated carbocycles. The highest BCUT2D eigenvalue weighted by molar-refractivity contribution is 7.13. The van der Waals surface area contributed by atoms with Crippen molar-refractivity contribution < 1.29 is 4.74 Å². The van der Waals surface area contributed by atoms with Crippen LogP contribution in [0, 0.1) is 0 Å². The summed E-state index contributed by atoms with van der Waals surface area (Å²) in [6.45, 7) is 2.87. The average Bonchev–Trinajstić information content (AvgIpc) is 3.09. The smallest absolute Gasteiger partial charge is 0.123 e. The molecular formula is C19H19ClN2OS. The molecule has 0 fully saturated rings. The summed E-state index contributed by atoms with van der Waals surface area (Å²) in [5.74, 6) is 0.856. The molecule has 3 nitrogen and oxygen atoms in total. The first kappa shape index (κ1) is 17.0. The highest BCUT2D eigenvalue weighted by Gasteiger charge is 2.08. The molecular weight excluding hydrogens is 340 g/mol. The highest BCUT2D eigenvalue weighted by Crippen LogP contribution is 2.26. The molecule has 0 amide bonds. The number of ether oxygens (including phenoxy) is 1. The van der Waals surface area contributed by atoms with E-state index in [0.29, 0.717) is 0 Å². The van der Waals surface area contributed by atoms with Crippen molar-refractivity contribution in [3.63, 3.8) is 0 Å². The standard InChI is InChI=1S/C19H19ClN2OS/c1-13(14-3-7-16(20)8-4-14)21-11-17-12-24-19(22-17)15-5-9-18(23-2)10-6-15/h3-10,12-13,21H,11H2,1-2H3/t13-/m0/s1. The van der Waals surface area contributed by atoms with E-state index in [1.165, 1.54) is 5.56 Å². The largest absolute Gasteiger partial charge is 0.497 e. The summed E-state index contributed by atoms with van der Waals surface area (Å²) in [6, 6.07) is 16.1. The third-order valence-electron chi connectivity index (χ3n) is 3.85. The molecule has 124 valence electrons. The molecule has 0 aliphatic carbocycles. The van der Waals surface area contributed by atoms with Crippen LogP contribution in [-0.2, 0) is 6.54 Å². The van der Waals surface area contributed by atoms with Crippen LogP contribution in [0.3, 0.4) is 0 Å². The number of hydrogen-bond acceptors (Lipinski definition) is 4. The molecule has 0 saturated heterocycles. The van der Waals surface area contributed by atoms with E-state index in [1.54, 1.807) is 18.4 Å². The Labute approximate surface area is 151 Å². The first-order valence-electron chi connectivity index (χ1n) is 7.73. The van der Waals surface area contributed by atoms with Crippen molar-refractivity contribution in [2.75, 3.05) is 7.11 Å². The van der Waals surface area contributed by atoms with Crippen LogP contribution in [0.5, 0.6) is 5.75 Å². The van der Waals surface area contributed by atoms with Gasteiger partial charge in [-0.25, -0.2) is 4.98 Å². The van der Waals surface area contributed by atoms with Crippen LogP contribution in [0.4, 0.5) is 0 Å². The lowest BCUT2D eigenvalue weighted by Gasteiger charge is -2.13. The number of thiazole rings is 1. The summed E-state index contributed by atoms with van der Waals surface area (Å²) >= 11 is 7.59. The molecule has 0 aliphatic rings. The Morgan fingerprint density at radius 3 is 2.50 bits per heavy atom. The number of benzene rings is 2. The van der Waals surface area contributed by atoms with E-state index in [0.717, 1.165) is 33.6 Å². The highest BCUT2D eigenvalue weighted by atomic mass is 35.5. The molecule has 1 aromatic heterocycles. The molecule has 3 rings (SSSR count). The average molecular weight is 359 g/mol. The minimum absolute atomic E-state index is 0.244. The van der Waals surface area contributed by atoms with Crippen molar-refractivity contribution in [1.82, 2.24) is 10.3 Å². The van der Waals surface area contributed by atoms with Gasteiger partial charge in [0.2, 0.25) is 0 Å². The summed E-state index contributed by atoms with van der Waals surface area (Å²) in [4.78, 5) is 4.71. The Morgan fingerprint density at radius 2 is 1.83 bits per heavy atom. The van der Waals surface area contributed by atoms with Crippen molar-refractivity contribution in [1.29, 1.82) is 0 Å². The minimum Gasteiger partial charge on any atom is -0.497 e. The van der Waals surface area contributed by atoms with Gasteiger partial charge in [0.15, 0.2) is 0 Å². The van der Waals surface area contributed by atoms with E-state index in [9.17, 15) is 0 Å². The third kappa shape index (κ3) is 4.15. The zero-order valence-electron chi connectivity index (χ0n) is 13.6. The molecule has 2 aromatic carbocycles. The second-order valence-corrected chi connectivity index (χ2v) is 6.82. The SMILES string of the molecule is COc1ccc(-c2nc(CN[C@@H](C)c3ccc(Cl)cc3)cs2)cc1. The van der Waals surface area contributed by atoms with Gasteiger partial charge in [0.1, 0.15) is 10.8 Å². The lowest BCUT2D eigenvalue weighted by molar-refractivity contribution is 0.415. The van der Waals surface area contributed by atoms with Crippen LogP contribution in [0.2, 0.25) is 5.02 Å². The van der Waals surface area contributed by atoms with Crippen LogP contribution < -0.4 is 10.1 Å². The van der Waals surface area contributed by atoms with Crippen LogP contribution in [0.25, 0.3) is 10.6 Å². The fraction of sp³-hybridized carbons (Fsp3) is 0.211. The lowest BCUT2D eigenvalue weighted by Crippen LogP contribution is -2.18.